The van der Waals surface area contributed by atoms with E-state index in [1.807, 2.05) is 18.5 Å². The topological polar surface area (TPSA) is 57.0 Å². The van der Waals surface area contributed by atoms with E-state index in [4.69, 9.17) is 4.74 Å². The summed E-state index contributed by atoms with van der Waals surface area (Å²) in [6.07, 6.45) is 0. The Hall–Kier alpha value is -2.17. The zero-order valence-electron chi connectivity index (χ0n) is 10.7. The summed E-state index contributed by atoms with van der Waals surface area (Å²) in [6, 6.07) is 7.05. The van der Waals surface area contributed by atoms with Gasteiger partial charge in [0.1, 0.15) is 18.2 Å². The van der Waals surface area contributed by atoms with Gasteiger partial charge in [0, 0.05) is 12.6 Å². The molecule has 1 aromatic carbocycles. The minimum Gasteiger partial charge on any atom is -0.486 e. The Balaban J connectivity index is 2.02. The van der Waals surface area contributed by atoms with E-state index in [1.54, 1.807) is 24.3 Å². The molecule has 0 saturated carbocycles. The van der Waals surface area contributed by atoms with Gasteiger partial charge >= 0.3 is 0 Å². The lowest BCUT2D eigenvalue weighted by atomic mass is 10.1. The fraction of sp³-hybridized carbons (Fsp3) is 0.308. The maximum Gasteiger partial charge on any atom is 0.170 e. The normalized spacial score (nSPS) is 10.4. The van der Waals surface area contributed by atoms with Crippen LogP contribution in [0.25, 0.3) is 0 Å². The maximum atomic E-state index is 11.1. The molecule has 94 valence electrons. The van der Waals surface area contributed by atoms with Gasteiger partial charge in [-0.15, -0.1) is 10.2 Å². The first-order valence-electron chi connectivity index (χ1n) is 5.66. The smallest absolute Gasteiger partial charge is 0.170 e. The van der Waals surface area contributed by atoms with Crippen LogP contribution in [-0.4, -0.2) is 20.5 Å². The molecule has 5 nitrogen and oxygen atoms in total. The minimum absolute atomic E-state index is 0.0467. The Morgan fingerprint density at radius 3 is 2.44 bits per heavy atom. The van der Waals surface area contributed by atoms with Gasteiger partial charge in [0.25, 0.3) is 0 Å². The van der Waals surface area contributed by atoms with Crippen LogP contribution in [-0.2, 0) is 13.7 Å². The molecule has 0 bridgehead atoms. The molecule has 0 atom stereocenters. The molecule has 0 spiro atoms. The molecule has 1 heterocycles. The Bertz CT molecular complexity index is 558. The Morgan fingerprint density at radius 1 is 1.28 bits per heavy atom. The summed E-state index contributed by atoms with van der Waals surface area (Å²) in [5.41, 5.74) is 0.678. The standard InChI is InChI=1S/C13H15N3O2/c1-9(17)11-4-6-12(7-5-11)18-8-13-15-14-10(2)16(13)3/h4-7H,8H2,1-3H3. The van der Waals surface area contributed by atoms with E-state index in [9.17, 15) is 4.79 Å². The molecule has 1 aromatic heterocycles. The highest BCUT2D eigenvalue weighted by Gasteiger charge is 2.05. The Morgan fingerprint density at radius 2 is 1.94 bits per heavy atom. The first-order valence-corrected chi connectivity index (χ1v) is 5.66. The minimum atomic E-state index is 0.0467. The zero-order valence-corrected chi connectivity index (χ0v) is 10.7. The fourth-order valence-corrected chi connectivity index (χ4v) is 1.51. The summed E-state index contributed by atoms with van der Waals surface area (Å²) < 4.78 is 7.47. The average Bonchev–Trinajstić information content (AvgIpc) is 2.68. The van der Waals surface area contributed by atoms with Gasteiger partial charge in [0.05, 0.1) is 0 Å². The van der Waals surface area contributed by atoms with E-state index in [0.717, 1.165) is 11.6 Å². The monoisotopic (exact) mass is 245 g/mol. The number of rotatable bonds is 4. The van der Waals surface area contributed by atoms with Crippen molar-refractivity contribution in [2.24, 2.45) is 7.05 Å². The maximum absolute atomic E-state index is 11.1. The summed E-state index contributed by atoms with van der Waals surface area (Å²) in [5.74, 6) is 2.37. The van der Waals surface area contributed by atoms with E-state index in [2.05, 4.69) is 10.2 Å². The number of nitrogens with zero attached hydrogens (tertiary/aromatic N) is 3. The van der Waals surface area contributed by atoms with Gasteiger partial charge in [-0.2, -0.15) is 0 Å². The molecular formula is C13H15N3O2. The lowest BCUT2D eigenvalue weighted by Gasteiger charge is -2.06. The van der Waals surface area contributed by atoms with Crippen molar-refractivity contribution in [3.8, 4) is 5.75 Å². The number of hydrogen-bond donors (Lipinski definition) is 0. The van der Waals surface area contributed by atoms with Crippen LogP contribution in [0.1, 0.15) is 28.9 Å². The number of ether oxygens (including phenoxy) is 1. The van der Waals surface area contributed by atoms with E-state index < -0.39 is 0 Å². The largest absolute Gasteiger partial charge is 0.486 e. The molecule has 0 fully saturated rings. The average molecular weight is 245 g/mol. The third-order valence-electron chi connectivity index (χ3n) is 2.81. The van der Waals surface area contributed by atoms with Crippen molar-refractivity contribution in [1.29, 1.82) is 0 Å². The van der Waals surface area contributed by atoms with Crippen LogP contribution in [0, 0.1) is 6.92 Å². The highest BCUT2D eigenvalue weighted by atomic mass is 16.5. The molecule has 0 N–H and O–H groups in total. The van der Waals surface area contributed by atoms with E-state index in [1.165, 1.54) is 6.92 Å². The Kier molecular flexibility index (Phi) is 3.41. The molecule has 2 aromatic rings. The number of ketones is 1. The zero-order chi connectivity index (χ0) is 13.1. The molecule has 0 aliphatic rings. The second-order valence-corrected chi connectivity index (χ2v) is 4.09. The fourth-order valence-electron chi connectivity index (χ4n) is 1.51. The second-order valence-electron chi connectivity index (χ2n) is 4.09. The Labute approximate surface area is 105 Å². The quantitative estimate of drug-likeness (QED) is 0.772. The van der Waals surface area contributed by atoms with E-state index in [-0.39, 0.29) is 5.78 Å². The second kappa shape index (κ2) is 5.00. The van der Waals surface area contributed by atoms with Crippen molar-refractivity contribution in [1.82, 2.24) is 14.8 Å². The van der Waals surface area contributed by atoms with Crippen molar-refractivity contribution >= 4 is 5.78 Å². The molecular weight excluding hydrogens is 230 g/mol. The number of aromatic nitrogens is 3. The first-order chi connectivity index (χ1) is 8.58. The third kappa shape index (κ3) is 2.56. The van der Waals surface area contributed by atoms with Gasteiger partial charge in [0.2, 0.25) is 0 Å². The third-order valence-corrected chi connectivity index (χ3v) is 2.81. The predicted octanol–water partition coefficient (Wildman–Crippen LogP) is 1.91. The number of hydrogen-bond acceptors (Lipinski definition) is 4. The number of carbonyl (C=O) groups excluding carboxylic acids is 1. The van der Waals surface area contributed by atoms with Crippen molar-refractivity contribution in [2.45, 2.75) is 20.5 Å². The van der Waals surface area contributed by atoms with Gasteiger partial charge in [-0.1, -0.05) is 0 Å². The summed E-state index contributed by atoms with van der Waals surface area (Å²) in [7, 11) is 1.90. The molecule has 0 amide bonds. The molecule has 0 saturated heterocycles. The summed E-state index contributed by atoms with van der Waals surface area (Å²) in [5, 5.41) is 7.96. The number of aryl methyl sites for hydroxylation is 1. The van der Waals surface area contributed by atoms with Crippen molar-refractivity contribution in [2.75, 3.05) is 0 Å². The number of benzene rings is 1. The number of carbonyl (C=O) groups is 1. The summed E-state index contributed by atoms with van der Waals surface area (Å²) in [6.45, 7) is 3.78. The van der Waals surface area contributed by atoms with Crippen molar-refractivity contribution in [3.05, 3.63) is 41.5 Å². The lowest BCUT2D eigenvalue weighted by molar-refractivity contribution is 0.101. The van der Waals surface area contributed by atoms with Crippen LogP contribution in [0.2, 0.25) is 0 Å². The molecule has 0 unspecified atom stereocenters. The first kappa shape index (κ1) is 12.3. The predicted molar refractivity (Wildman–Crippen MR) is 66.5 cm³/mol. The molecule has 0 aliphatic carbocycles. The van der Waals surface area contributed by atoms with Crippen LogP contribution < -0.4 is 4.74 Å². The molecule has 5 heteroatoms. The van der Waals surface area contributed by atoms with Gasteiger partial charge in [0.15, 0.2) is 11.6 Å². The van der Waals surface area contributed by atoms with Crippen molar-refractivity contribution in [3.63, 3.8) is 0 Å². The van der Waals surface area contributed by atoms with Gasteiger partial charge < -0.3 is 9.30 Å². The van der Waals surface area contributed by atoms with Crippen LogP contribution >= 0.6 is 0 Å². The van der Waals surface area contributed by atoms with Crippen LogP contribution in [0.3, 0.4) is 0 Å². The van der Waals surface area contributed by atoms with E-state index in [0.29, 0.717) is 17.9 Å². The number of Topliss-reactive ketones (excluding diaryl/α,β-unsaturated/α-hetero) is 1. The highest BCUT2D eigenvalue weighted by Crippen LogP contribution is 2.14. The van der Waals surface area contributed by atoms with Crippen LogP contribution in [0.4, 0.5) is 0 Å². The molecule has 18 heavy (non-hydrogen) atoms. The van der Waals surface area contributed by atoms with E-state index >= 15 is 0 Å². The van der Waals surface area contributed by atoms with Crippen molar-refractivity contribution < 1.29 is 9.53 Å². The van der Waals surface area contributed by atoms with Gasteiger partial charge in [-0.25, -0.2) is 0 Å². The molecule has 0 aliphatic heterocycles. The highest BCUT2D eigenvalue weighted by molar-refractivity contribution is 5.94. The van der Waals surface area contributed by atoms with Gasteiger partial charge in [-0.05, 0) is 38.1 Å². The molecule has 2 rings (SSSR count). The van der Waals surface area contributed by atoms with Gasteiger partial charge in [-0.3, -0.25) is 4.79 Å². The van der Waals surface area contributed by atoms with Crippen LogP contribution in [0.15, 0.2) is 24.3 Å². The SMILES string of the molecule is CC(=O)c1ccc(OCc2nnc(C)n2C)cc1. The summed E-state index contributed by atoms with van der Waals surface area (Å²) in [4.78, 5) is 11.1. The molecule has 0 radical (unpaired) electrons. The lowest BCUT2D eigenvalue weighted by Crippen LogP contribution is -2.04. The summed E-state index contributed by atoms with van der Waals surface area (Å²) >= 11 is 0. The van der Waals surface area contributed by atoms with Crippen LogP contribution in [0.5, 0.6) is 5.75 Å².